The lowest BCUT2D eigenvalue weighted by Crippen LogP contribution is -2.35. The van der Waals surface area contributed by atoms with E-state index >= 15 is 0 Å². The molecule has 1 N–H and O–H groups in total. The van der Waals surface area contributed by atoms with Gasteiger partial charge in [-0.1, -0.05) is 19.1 Å². The van der Waals surface area contributed by atoms with Gasteiger partial charge in [0.2, 0.25) is 0 Å². The van der Waals surface area contributed by atoms with Gasteiger partial charge in [0.1, 0.15) is 11.8 Å². The fourth-order valence-corrected chi connectivity index (χ4v) is 5.89. The number of fused-ring (bicyclic) bond motifs is 1. The maximum absolute atomic E-state index is 13.7. The van der Waals surface area contributed by atoms with Gasteiger partial charge in [-0.15, -0.1) is 16.4 Å². The molecule has 4 aromatic heterocycles. The van der Waals surface area contributed by atoms with Crippen molar-refractivity contribution in [2.75, 3.05) is 6.61 Å². The van der Waals surface area contributed by atoms with Crippen LogP contribution in [-0.2, 0) is 30.8 Å². The minimum atomic E-state index is -0.517. The number of rotatable bonds is 10. The lowest BCUT2D eigenvalue weighted by atomic mass is 10.0. The highest BCUT2D eigenvalue weighted by Gasteiger charge is 2.32. The molecule has 0 radical (unpaired) electrons. The van der Waals surface area contributed by atoms with Gasteiger partial charge in [0.15, 0.2) is 5.82 Å². The number of pyridine rings is 1. The molecule has 1 saturated heterocycles. The van der Waals surface area contributed by atoms with Crippen LogP contribution in [0.5, 0.6) is 0 Å². The van der Waals surface area contributed by atoms with Gasteiger partial charge in [-0.25, -0.2) is 4.68 Å². The van der Waals surface area contributed by atoms with Crippen LogP contribution in [0.1, 0.15) is 53.4 Å². The average Bonchev–Trinajstić information content (AvgIpc) is 3.74. The van der Waals surface area contributed by atoms with E-state index in [1.807, 2.05) is 30.3 Å². The monoisotopic (exact) mass is 530 g/mol. The van der Waals surface area contributed by atoms with Crippen molar-refractivity contribution in [2.45, 2.75) is 58.0 Å². The van der Waals surface area contributed by atoms with Crippen molar-refractivity contribution in [3.05, 3.63) is 98.1 Å². The summed E-state index contributed by atoms with van der Waals surface area (Å²) in [6.07, 6.45) is 4.63. The Hall–Kier alpha value is -3.60. The van der Waals surface area contributed by atoms with Gasteiger partial charge in [0.05, 0.1) is 25.5 Å². The molecule has 196 valence electrons. The second-order valence-electron chi connectivity index (χ2n) is 9.65. The molecule has 10 heteroatoms. The molecular weight excluding hydrogens is 500 g/mol. The van der Waals surface area contributed by atoms with Crippen LogP contribution in [0.4, 0.5) is 0 Å². The summed E-state index contributed by atoms with van der Waals surface area (Å²) in [6.45, 7) is 4.50. The molecule has 5 heterocycles. The van der Waals surface area contributed by atoms with Crippen LogP contribution in [0.3, 0.4) is 0 Å². The number of thiophene rings is 1. The highest BCUT2D eigenvalue weighted by atomic mass is 32.1. The number of H-pyrrole nitrogens is 1. The normalized spacial score (nSPS) is 16.5. The van der Waals surface area contributed by atoms with E-state index in [-0.39, 0.29) is 11.7 Å². The third-order valence-electron chi connectivity index (χ3n) is 7.09. The summed E-state index contributed by atoms with van der Waals surface area (Å²) in [5.41, 5.74) is 2.46. The van der Waals surface area contributed by atoms with Gasteiger partial charge < -0.3 is 14.1 Å². The highest BCUT2D eigenvalue weighted by molar-refractivity contribution is 7.09. The highest BCUT2D eigenvalue weighted by Crippen LogP contribution is 2.31. The minimum Gasteiger partial charge on any atom is -0.468 e. The van der Waals surface area contributed by atoms with Crippen LogP contribution in [0, 0.1) is 0 Å². The van der Waals surface area contributed by atoms with E-state index in [9.17, 15) is 4.79 Å². The zero-order valence-corrected chi connectivity index (χ0v) is 22.1. The molecule has 6 rings (SSSR count). The number of aromatic nitrogens is 5. The standard InChI is InChI=1S/C28H30N6O3S/c1-2-19-9-10-25-20(14-19)15-24(28(35)29-25)26(27-30-31-32-34(27)17-22-7-4-12-37-22)33(16-21-6-3-11-36-21)18-23-8-5-13-38-23/h3,5-6,8-11,13-15,22,26H,2,4,7,12,16-18H2,1H3,(H,29,35)/t22-,26-/m0/s1. The van der Waals surface area contributed by atoms with E-state index in [1.54, 1.807) is 22.3 Å². The van der Waals surface area contributed by atoms with E-state index in [2.05, 4.69) is 55.9 Å². The van der Waals surface area contributed by atoms with E-state index in [0.717, 1.165) is 42.5 Å². The molecule has 0 unspecified atom stereocenters. The molecular formula is C28H30N6O3S. The van der Waals surface area contributed by atoms with Crippen LogP contribution < -0.4 is 5.56 Å². The first kappa shape index (κ1) is 24.7. The molecule has 5 aromatic rings. The Balaban J connectivity index is 1.50. The van der Waals surface area contributed by atoms with Crippen molar-refractivity contribution in [1.82, 2.24) is 30.1 Å². The largest absolute Gasteiger partial charge is 0.468 e. The van der Waals surface area contributed by atoms with Gasteiger partial charge >= 0.3 is 0 Å². The summed E-state index contributed by atoms with van der Waals surface area (Å²) in [7, 11) is 0. The van der Waals surface area contributed by atoms with Crippen LogP contribution in [0.25, 0.3) is 10.9 Å². The van der Waals surface area contributed by atoms with Crippen molar-refractivity contribution in [3.8, 4) is 0 Å². The summed E-state index contributed by atoms with van der Waals surface area (Å²) >= 11 is 1.68. The number of nitrogens with zero attached hydrogens (tertiary/aromatic N) is 5. The second-order valence-corrected chi connectivity index (χ2v) is 10.7. The quantitative estimate of drug-likeness (QED) is 0.279. The van der Waals surface area contributed by atoms with Crippen molar-refractivity contribution < 1.29 is 9.15 Å². The van der Waals surface area contributed by atoms with E-state index in [1.165, 1.54) is 10.4 Å². The summed E-state index contributed by atoms with van der Waals surface area (Å²) in [6, 6.07) is 15.6. The summed E-state index contributed by atoms with van der Waals surface area (Å²) in [4.78, 5) is 20.2. The molecule has 38 heavy (non-hydrogen) atoms. The molecule has 1 aliphatic heterocycles. The molecule has 0 aliphatic carbocycles. The van der Waals surface area contributed by atoms with Gasteiger partial charge in [-0.3, -0.25) is 9.69 Å². The number of aromatic amines is 1. The van der Waals surface area contributed by atoms with E-state index in [0.29, 0.717) is 31.0 Å². The summed E-state index contributed by atoms with van der Waals surface area (Å²) < 4.78 is 13.4. The third-order valence-corrected chi connectivity index (χ3v) is 7.95. The SMILES string of the molecule is CCc1ccc2[nH]c(=O)c([C@@H](c3nnnn3C[C@@H]3CCCO3)N(Cc3ccco3)Cc3cccs3)cc2c1. The van der Waals surface area contributed by atoms with E-state index < -0.39 is 6.04 Å². The van der Waals surface area contributed by atoms with Gasteiger partial charge in [-0.2, -0.15) is 0 Å². The predicted molar refractivity (Wildman–Crippen MR) is 145 cm³/mol. The third kappa shape index (κ3) is 5.20. The zero-order chi connectivity index (χ0) is 25.9. The lowest BCUT2D eigenvalue weighted by molar-refractivity contribution is 0.0901. The van der Waals surface area contributed by atoms with Crippen molar-refractivity contribution in [1.29, 1.82) is 0 Å². The fourth-order valence-electron chi connectivity index (χ4n) is 5.16. The number of benzene rings is 1. The molecule has 2 atom stereocenters. The first-order valence-electron chi connectivity index (χ1n) is 13.0. The first-order valence-corrected chi connectivity index (χ1v) is 13.9. The second kappa shape index (κ2) is 11.0. The fraction of sp³-hybridized carbons (Fsp3) is 0.357. The maximum atomic E-state index is 13.7. The number of tetrazole rings is 1. The maximum Gasteiger partial charge on any atom is 0.253 e. The smallest absolute Gasteiger partial charge is 0.253 e. The molecule has 1 fully saturated rings. The van der Waals surface area contributed by atoms with Crippen molar-refractivity contribution in [3.63, 3.8) is 0 Å². The van der Waals surface area contributed by atoms with Gasteiger partial charge in [0, 0.05) is 29.1 Å². The summed E-state index contributed by atoms with van der Waals surface area (Å²) in [5, 5.41) is 15.9. The minimum absolute atomic E-state index is 0.0516. The van der Waals surface area contributed by atoms with Gasteiger partial charge in [-0.05, 0) is 82.4 Å². The lowest BCUT2D eigenvalue weighted by Gasteiger charge is -2.30. The van der Waals surface area contributed by atoms with Crippen LogP contribution in [-0.4, -0.2) is 42.8 Å². The molecule has 9 nitrogen and oxygen atoms in total. The molecule has 0 amide bonds. The Labute approximate surface area is 224 Å². The Kier molecular flexibility index (Phi) is 7.17. The Morgan fingerprint density at radius 1 is 1.21 bits per heavy atom. The molecule has 0 saturated carbocycles. The van der Waals surface area contributed by atoms with Crippen LogP contribution in [0.15, 0.2) is 69.4 Å². The molecule has 1 aromatic carbocycles. The predicted octanol–water partition coefficient (Wildman–Crippen LogP) is 4.70. The topological polar surface area (TPSA) is 102 Å². The Morgan fingerprint density at radius 3 is 2.92 bits per heavy atom. The van der Waals surface area contributed by atoms with Crippen molar-refractivity contribution in [2.24, 2.45) is 0 Å². The van der Waals surface area contributed by atoms with Crippen LogP contribution >= 0.6 is 11.3 Å². The number of aryl methyl sites for hydroxylation is 1. The molecule has 0 spiro atoms. The molecule has 1 aliphatic rings. The summed E-state index contributed by atoms with van der Waals surface area (Å²) in [5.74, 6) is 1.41. The zero-order valence-electron chi connectivity index (χ0n) is 21.2. The number of nitrogens with one attached hydrogen (secondary N) is 1. The number of furan rings is 1. The van der Waals surface area contributed by atoms with Crippen molar-refractivity contribution >= 4 is 22.2 Å². The van der Waals surface area contributed by atoms with E-state index in [4.69, 9.17) is 9.15 Å². The number of hydrogen-bond donors (Lipinski definition) is 1. The Morgan fingerprint density at radius 2 is 2.16 bits per heavy atom. The van der Waals surface area contributed by atoms with Crippen LogP contribution in [0.2, 0.25) is 0 Å². The Bertz CT molecular complexity index is 1500. The number of ether oxygens (including phenoxy) is 1. The number of hydrogen-bond acceptors (Lipinski definition) is 8. The first-order chi connectivity index (χ1) is 18.7. The average molecular weight is 531 g/mol. The molecule has 0 bridgehead atoms. The van der Waals surface area contributed by atoms with Gasteiger partial charge in [0.25, 0.3) is 5.56 Å².